The normalized spacial score (nSPS) is 11.5. The Morgan fingerprint density at radius 2 is 1.82 bits per heavy atom. The van der Waals surface area contributed by atoms with Gasteiger partial charge in [0, 0.05) is 38.2 Å². The van der Waals surface area contributed by atoms with Gasteiger partial charge in [0.05, 0.1) is 24.4 Å². The Hall–Kier alpha value is -1.42. The Morgan fingerprint density at radius 1 is 1.21 bits per heavy atom. The third-order valence-electron chi connectivity index (χ3n) is 4.53. The summed E-state index contributed by atoms with van der Waals surface area (Å²) in [5.41, 5.74) is 0.956. The maximum absolute atomic E-state index is 13.1. The fourth-order valence-electron chi connectivity index (χ4n) is 2.83. The second-order valence-corrected chi connectivity index (χ2v) is 8.93. The van der Waals surface area contributed by atoms with E-state index in [1.165, 1.54) is 23.1 Å². The van der Waals surface area contributed by atoms with Crippen LogP contribution in [-0.4, -0.2) is 66.6 Å². The van der Waals surface area contributed by atoms with E-state index in [0.29, 0.717) is 36.8 Å². The van der Waals surface area contributed by atoms with Gasteiger partial charge in [-0.05, 0) is 33.3 Å². The van der Waals surface area contributed by atoms with Gasteiger partial charge in [-0.15, -0.1) is 11.3 Å². The Morgan fingerprint density at radius 3 is 2.36 bits per heavy atom. The van der Waals surface area contributed by atoms with E-state index in [1.54, 1.807) is 23.7 Å². The van der Waals surface area contributed by atoms with Crippen molar-refractivity contribution in [1.29, 1.82) is 0 Å². The monoisotopic (exact) mass is 427 g/mol. The van der Waals surface area contributed by atoms with Crippen LogP contribution in [0.1, 0.15) is 30.3 Å². The number of fused-ring (bicyclic) bond motifs is 1. The molecule has 28 heavy (non-hydrogen) atoms. The molecular formula is C19H29N3O4S2. The van der Waals surface area contributed by atoms with Crippen LogP contribution in [0.25, 0.3) is 10.2 Å². The Kier molecular flexibility index (Phi) is 8.48. The van der Waals surface area contributed by atoms with Gasteiger partial charge in [-0.3, -0.25) is 14.2 Å². The second-order valence-electron chi connectivity index (χ2n) is 6.78. The molecule has 2 aromatic rings. The molecule has 0 unspecified atom stereocenters. The lowest BCUT2D eigenvalue weighted by molar-refractivity contribution is -0.129. The van der Waals surface area contributed by atoms with Crippen LogP contribution in [0, 0.1) is 13.8 Å². The molecule has 0 saturated carbocycles. The van der Waals surface area contributed by atoms with Gasteiger partial charge in [0.25, 0.3) is 5.56 Å². The summed E-state index contributed by atoms with van der Waals surface area (Å²) in [6, 6.07) is -0.0419. The van der Waals surface area contributed by atoms with Crippen LogP contribution < -0.4 is 5.56 Å². The molecule has 9 heteroatoms. The van der Waals surface area contributed by atoms with Crippen molar-refractivity contribution in [3.63, 3.8) is 0 Å². The molecule has 0 saturated heterocycles. The van der Waals surface area contributed by atoms with Gasteiger partial charge in [-0.1, -0.05) is 11.8 Å². The van der Waals surface area contributed by atoms with Crippen LogP contribution in [0.2, 0.25) is 0 Å². The summed E-state index contributed by atoms with van der Waals surface area (Å²) >= 11 is 2.83. The molecule has 0 aromatic carbocycles. The first-order chi connectivity index (χ1) is 13.3. The highest BCUT2D eigenvalue weighted by molar-refractivity contribution is 7.99. The predicted octanol–water partition coefficient (Wildman–Crippen LogP) is 2.87. The van der Waals surface area contributed by atoms with Gasteiger partial charge in [-0.25, -0.2) is 4.98 Å². The van der Waals surface area contributed by atoms with Crippen molar-refractivity contribution in [3.05, 3.63) is 20.8 Å². The molecule has 7 nitrogen and oxygen atoms in total. The molecule has 156 valence electrons. The molecule has 1 amide bonds. The fourth-order valence-corrected chi connectivity index (χ4v) is 4.93. The Balaban J connectivity index is 2.28. The molecule has 2 heterocycles. The van der Waals surface area contributed by atoms with Gasteiger partial charge in [0.15, 0.2) is 5.16 Å². The number of nitrogens with zero attached hydrogens (tertiary/aromatic N) is 3. The molecule has 2 aromatic heterocycles. The summed E-state index contributed by atoms with van der Waals surface area (Å²) in [6.07, 6.45) is 0. The molecule has 0 aliphatic carbocycles. The van der Waals surface area contributed by atoms with Gasteiger partial charge in [0.2, 0.25) is 5.91 Å². The van der Waals surface area contributed by atoms with Crippen molar-refractivity contribution in [2.45, 2.75) is 38.9 Å². The molecular weight excluding hydrogens is 398 g/mol. The summed E-state index contributed by atoms with van der Waals surface area (Å²) in [5.74, 6) is 0.184. The van der Waals surface area contributed by atoms with Crippen molar-refractivity contribution in [2.75, 3.05) is 46.3 Å². The average molecular weight is 428 g/mol. The number of hydrogen-bond donors (Lipinski definition) is 0. The zero-order valence-electron chi connectivity index (χ0n) is 17.4. The zero-order valence-corrected chi connectivity index (χ0v) is 19.0. The van der Waals surface area contributed by atoms with Crippen LogP contribution in [-0.2, 0) is 14.3 Å². The van der Waals surface area contributed by atoms with Crippen molar-refractivity contribution < 1.29 is 14.3 Å². The lowest BCUT2D eigenvalue weighted by Crippen LogP contribution is -2.37. The van der Waals surface area contributed by atoms with Crippen LogP contribution in [0.5, 0.6) is 0 Å². The molecule has 0 radical (unpaired) electrons. The predicted molar refractivity (Wildman–Crippen MR) is 115 cm³/mol. The average Bonchev–Trinajstić information content (AvgIpc) is 2.93. The van der Waals surface area contributed by atoms with E-state index < -0.39 is 0 Å². The third-order valence-corrected chi connectivity index (χ3v) is 6.57. The topological polar surface area (TPSA) is 73.7 Å². The Bertz CT molecular complexity index is 868. The highest BCUT2D eigenvalue weighted by Gasteiger charge is 2.20. The first-order valence-corrected chi connectivity index (χ1v) is 11.0. The number of thioether (sulfide) groups is 1. The SMILES string of the molecule is COCCN(CCOC)C(=O)CSc1nc2sc(C)c(C)c2c(=O)n1C(C)C. The van der Waals surface area contributed by atoms with Crippen LogP contribution in [0.4, 0.5) is 0 Å². The van der Waals surface area contributed by atoms with Gasteiger partial charge >= 0.3 is 0 Å². The summed E-state index contributed by atoms with van der Waals surface area (Å²) in [6.45, 7) is 9.82. The molecule has 0 atom stereocenters. The quantitative estimate of drug-likeness (QED) is 0.429. The number of amides is 1. The van der Waals surface area contributed by atoms with Gasteiger partial charge < -0.3 is 14.4 Å². The first-order valence-electron chi connectivity index (χ1n) is 9.22. The lowest BCUT2D eigenvalue weighted by Gasteiger charge is -2.22. The van der Waals surface area contributed by atoms with Crippen molar-refractivity contribution in [2.24, 2.45) is 0 Å². The van der Waals surface area contributed by atoms with E-state index in [9.17, 15) is 9.59 Å². The minimum absolute atomic E-state index is 0.0257. The molecule has 0 N–H and O–H groups in total. The molecule has 0 fully saturated rings. The van der Waals surface area contributed by atoms with Crippen LogP contribution in [0.15, 0.2) is 9.95 Å². The lowest BCUT2D eigenvalue weighted by atomic mass is 10.2. The van der Waals surface area contributed by atoms with E-state index in [4.69, 9.17) is 14.5 Å². The number of carbonyl (C=O) groups excluding carboxylic acids is 1. The number of aromatic nitrogens is 2. The van der Waals surface area contributed by atoms with Gasteiger partial charge in [-0.2, -0.15) is 0 Å². The van der Waals surface area contributed by atoms with E-state index >= 15 is 0 Å². The number of methoxy groups -OCH3 is 2. The van der Waals surface area contributed by atoms with Crippen LogP contribution in [0.3, 0.4) is 0 Å². The summed E-state index contributed by atoms with van der Waals surface area (Å²) in [5, 5.41) is 1.27. The number of carbonyl (C=O) groups is 1. The first kappa shape index (κ1) is 22.9. The maximum Gasteiger partial charge on any atom is 0.263 e. The molecule has 0 spiro atoms. The zero-order chi connectivity index (χ0) is 20.8. The highest BCUT2D eigenvalue weighted by atomic mass is 32.2. The summed E-state index contributed by atoms with van der Waals surface area (Å²) < 4.78 is 11.9. The molecule has 0 aliphatic heterocycles. The minimum Gasteiger partial charge on any atom is -0.383 e. The summed E-state index contributed by atoms with van der Waals surface area (Å²) in [4.78, 5) is 34.0. The smallest absolute Gasteiger partial charge is 0.263 e. The standard InChI is InChI=1S/C19H29N3O4S2/c1-12(2)22-18(24)16-13(3)14(4)28-17(16)20-19(22)27-11-15(23)21(7-9-25-5)8-10-26-6/h12H,7-11H2,1-6H3. The largest absolute Gasteiger partial charge is 0.383 e. The summed E-state index contributed by atoms with van der Waals surface area (Å²) in [7, 11) is 3.22. The van der Waals surface area contributed by atoms with Crippen molar-refractivity contribution in [1.82, 2.24) is 14.5 Å². The third kappa shape index (κ3) is 5.14. The minimum atomic E-state index is -0.0419. The number of hydrogen-bond acceptors (Lipinski definition) is 7. The highest BCUT2D eigenvalue weighted by Crippen LogP contribution is 2.29. The van der Waals surface area contributed by atoms with Crippen molar-refractivity contribution in [3.8, 4) is 0 Å². The number of thiophene rings is 1. The van der Waals surface area contributed by atoms with Gasteiger partial charge in [0.1, 0.15) is 4.83 Å². The number of ether oxygens (including phenoxy) is 2. The number of aryl methyl sites for hydroxylation is 2. The van der Waals surface area contributed by atoms with Crippen molar-refractivity contribution >= 4 is 39.2 Å². The van der Waals surface area contributed by atoms with E-state index in [1.807, 2.05) is 27.7 Å². The fraction of sp³-hybridized carbons (Fsp3) is 0.632. The maximum atomic E-state index is 13.1. The second kappa shape index (κ2) is 10.4. The van der Waals surface area contributed by atoms with Crippen LogP contribution >= 0.6 is 23.1 Å². The Labute approximate surface area is 174 Å². The molecule has 2 rings (SSSR count). The number of rotatable bonds is 10. The molecule has 0 bridgehead atoms. The van der Waals surface area contributed by atoms with E-state index in [0.717, 1.165) is 15.3 Å². The van der Waals surface area contributed by atoms with E-state index in [2.05, 4.69) is 0 Å². The van der Waals surface area contributed by atoms with E-state index in [-0.39, 0.29) is 23.3 Å². The molecule has 0 aliphatic rings.